The number of benzene rings is 3. The number of amides is 1. The highest BCUT2D eigenvalue weighted by Gasteiger charge is 2.17. The molecule has 6 nitrogen and oxygen atoms in total. The Bertz CT molecular complexity index is 1270. The fraction of sp³-hybridized carbons (Fsp3) is 0.0741. The Morgan fingerprint density at radius 3 is 2.38 bits per heavy atom. The van der Waals surface area contributed by atoms with Gasteiger partial charge in [0.15, 0.2) is 0 Å². The smallest absolute Gasteiger partial charge is 0.304 e. The van der Waals surface area contributed by atoms with Gasteiger partial charge in [-0.1, -0.05) is 48.5 Å². The first-order chi connectivity index (χ1) is 16.6. The fourth-order valence-corrected chi connectivity index (χ4v) is 4.59. The second-order valence-electron chi connectivity index (χ2n) is 7.52. The van der Waals surface area contributed by atoms with E-state index < -0.39 is 5.97 Å². The van der Waals surface area contributed by atoms with Crippen LogP contribution >= 0.6 is 11.8 Å². The molecule has 1 heterocycles. The van der Waals surface area contributed by atoms with Gasteiger partial charge in [-0.25, -0.2) is 4.98 Å². The third kappa shape index (κ3) is 6.46. The third-order valence-corrected chi connectivity index (χ3v) is 6.21. The van der Waals surface area contributed by atoms with Crippen LogP contribution < -0.4 is 10.6 Å². The quantitative estimate of drug-likeness (QED) is 0.246. The lowest BCUT2D eigenvalue weighted by molar-refractivity contribution is -0.137. The molecule has 7 heteroatoms. The first kappa shape index (κ1) is 23.1. The predicted molar refractivity (Wildman–Crippen MR) is 136 cm³/mol. The minimum atomic E-state index is -0.856. The van der Waals surface area contributed by atoms with E-state index in [0.29, 0.717) is 17.1 Å². The molecule has 1 amide bonds. The van der Waals surface area contributed by atoms with Crippen LogP contribution in [0.5, 0.6) is 0 Å². The largest absolute Gasteiger partial charge is 0.481 e. The Morgan fingerprint density at radius 1 is 0.853 bits per heavy atom. The lowest BCUT2D eigenvalue weighted by Gasteiger charge is -2.16. The molecule has 0 radical (unpaired) electrons. The van der Waals surface area contributed by atoms with E-state index in [9.17, 15) is 14.7 Å². The van der Waals surface area contributed by atoms with Gasteiger partial charge >= 0.3 is 5.97 Å². The molecule has 34 heavy (non-hydrogen) atoms. The average molecular weight is 470 g/mol. The number of nitrogens with one attached hydrogen (secondary N) is 2. The minimum absolute atomic E-state index is 0.00132. The summed E-state index contributed by atoms with van der Waals surface area (Å²) in [4.78, 5) is 29.4. The molecule has 3 aromatic carbocycles. The van der Waals surface area contributed by atoms with Crippen molar-refractivity contribution in [3.63, 3.8) is 0 Å². The summed E-state index contributed by atoms with van der Waals surface area (Å²) in [5, 5.41) is 15.2. The number of carboxylic acid groups (broad SMARTS) is 1. The second-order valence-corrected chi connectivity index (χ2v) is 8.79. The van der Waals surface area contributed by atoms with Gasteiger partial charge in [-0.15, -0.1) is 11.8 Å². The van der Waals surface area contributed by atoms with Gasteiger partial charge in [0.05, 0.1) is 6.42 Å². The number of carbonyl (C=O) groups is 2. The van der Waals surface area contributed by atoms with Crippen molar-refractivity contribution >= 4 is 40.8 Å². The minimum Gasteiger partial charge on any atom is -0.481 e. The highest BCUT2D eigenvalue weighted by molar-refractivity contribution is 7.99. The lowest BCUT2D eigenvalue weighted by Crippen LogP contribution is -2.12. The number of hydrogen-bond acceptors (Lipinski definition) is 5. The molecule has 4 aromatic rings. The topological polar surface area (TPSA) is 91.3 Å². The van der Waals surface area contributed by atoms with Crippen LogP contribution in [0.25, 0.3) is 0 Å². The fourth-order valence-electron chi connectivity index (χ4n) is 3.39. The van der Waals surface area contributed by atoms with Crippen molar-refractivity contribution in [3.05, 3.63) is 114 Å². The molecule has 0 spiro atoms. The number of anilines is 3. The standard InChI is InChI=1S/C27H23N3O3S/c31-26(32)18-24(19-8-2-1-3-9-19)34-23-13-7-12-22(17-23)30-27(33)20-10-6-11-21(16-20)29-25-14-4-5-15-28-25/h1-17,24H,18H2,(H,28,29)(H,30,33)(H,31,32). The molecule has 0 fully saturated rings. The average Bonchev–Trinajstić information content (AvgIpc) is 2.85. The number of carboxylic acids is 1. The van der Waals surface area contributed by atoms with Crippen molar-refractivity contribution in [3.8, 4) is 0 Å². The molecule has 1 aromatic heterocycles. The van der Waals surface area contributed by atoms with E-state index in [2.05, 4.69) is 15.6 Å². The molecule has 3 N–H and O–H groups in total. The van der Waals surface area contributed by atoms with E-state index in [0.717, 1.165) is 16.1 Å². The Kier molecular flexibility index (Phi) is 7.57. The summed E-state index contributed by atoms with van der Waals surface area (Å²) in [5.41, 5.74) is 2.85. The second kappa shape index (κ2) is 11.2. The van der Waals surface area contributed by atoms with E-state index >= 15 is 0 Å². The lowest BCUT2D eigenvalue weighted by atomic mass is 10.1. The molecule has 0 aliphatic heterocycles. The molecule has 1 atom stereocenters. The maximum absolute atomic E-state index is 12.9. The number of carbonyl (C=O) groups excluding carboxylic acids is 1. The zero-order valence-corrected chi connectivity index (χ0v) is 19.0. The Morgan fingerprint density at radius 2 is 1.62 bits per heavy atom. The van der Waals surface area contributed by atoms with E-state index in [1.807, 2.05) is 84.9 Å². The normalized spacial score (nSPS) is 11.4. The van der Waals surface area contributed by atoms with Gasteiger partial charge in [0.1, 0.15) is 5.82 Å². The number of aliphatic carboxylic acids is 1. The zero-order valence-electron chi connectivity index (χ0n) is 18.2. The number of pyridine rings is 1. The molecule has 0 saturated carbocycles. The van der Waals surface area contributed by atoms with Crippen LogP contribution in [-0.2, 0) is 4.79 Å². The van der Waals surface area contributed by atoms with Crippen LogP contribution in [0.4, 0.5) is 17.2 Å². The van der Waals surface area contributed by atoms with Crippen LogP contribution in [0.1, 0.15) is 27.6 Å². The maximum Gasteiger partial charge on any atom is 0.304 e. The molecule has 0 saturated heterocycles. The summed E-state index contributed by atoms with van der Waals surface area (Å²) in [6, 6.07) is 29.8. The maximum atomic E-state index is 12.9. The number of nitrogens with zero attached hydrogens (tertiary/aromatic N) is 1. The molecular weight excluding hydrogens is 446 g/mol. The summed E-state index contributed by atoms with van der Waals surface area (Å²) in [5.74, 6) is -0.402. The molecule has 170 valence electrons. The van der Waals surface area contributed by atoms with Gasteiger partial charge in [-0.2, -0.15) is 0 Å². The number of rotatable bonds is 9. The predicted octanol–water partition coefficient (Wildman–Crippen LogP) is 6.39. The Balaban J connectivity index is 1.46. The number of thioether (sulfide) groups is 1. The summed E-state index contributed by atoms with van der Waals surface area (Å²) in [6.07, 6.45) is 1.70. The summed E-state index contributed by atoms with van der Waals surface area (Å²) >= 11 is 1.46. The van der Waals surface area contributed by atoms with Crippen molar-refractivity contribution in [2.75, 3.05) is 10.6 Å². The van der Waals surface area contributed by atoms with E-state index in [-0.39, 0.29) is 17.6 Å². The van der Waals surface area contributed by atoms with Crippen molar-refractivity contribution in [1.82, 2.24) is 4.98 Å². The van der Waals surface area contributed by atoms with Crippen LogP contribution in [0.2, 0.25) is 0 Å². The van der Waals surface area contributed by atoms with Crippen molar-refractivity contribution in [2.24, 2.45) is 0 Å². The Hall–Kier alpha value is -4.10. The summed E-state index contributed by atoms with van der Waals surface area (Å²) < 4.78 is 0. The van der Waals surface area contributed by atoms with Crippen LogP contribution in [0.15, 0.2) is 108 Å². The summed E-state index contributed by atoms with van der Waals surface area (Å²) in [7, 11) is 0. The first-order valence-corrected chi connectivity index (χ1v) is 11.6. The SMILES string of the molecule is O=C(O)CC(Sc1cccc(NC(=O)c2cccc(Nc3ccccn3)c2)c1)c1ccccc1. The van der Waals surface area contributed by atoms with E-state index in [1.54, 1.807) is 18.3 Å². The van der Waals surface area contributed by atoms with Gasteiger partial charge in [0, 0.05) is 33.3 Å². The van der Waals surface area contributed by atoms with Gasteiger partial charge in [-0.05, 0) is 54.1 Å². The van der Waals surface area contributed by atoms with Crippen LogP contribution in [0, 0.1) is 0 Å². The highest BCUT2D eigenvalue weighted by Crippen LogP contribution is 2.38. The van der Waals surface area contributed by atoms with Crippen molar-refractivity contribution in [1.29, 1.82) is 0 Å². The van der Waals surface area contributed by atoms with Gasteiger partial charge in [0.2, 0.25) is 0 Å². The number of aromatic nitrogens is 1. The third-order valence-electron chi connectivity index (χ3n) is 4.96. The van der Waals surface area contributed by atoms with Crippen LogP contribution in [0.3, 0.4) is 0 Å². The molecule has 4 rings (SSSR count). The van der Waals surface area contributed by atoms with E-state index in [1.165, 1.54) is 11.8 Å². The van der Waals surface area contributed by atoms with Gasteiger partial charge in [0.25, 0.3) is 5.91 Å². The highest BCUT2D eigenvalue weighted by atomic mass is 32.2. The van der Waals surface area contributed by atoms with E-state index in [4.69, 9.17) is 0 Å². The summed E-state index contributed by atoms with van der Waals surface area (Å²) in [6.45, 7) is 0. The molecular formula is C27H23N3O3S. The van der Waals surface area contributed by atoms with Crippen molar-refractivity contribution in [2.45, 2.75) is 16.6 Å². The Labute approximate surface area is 202 Å². The molecule has 1 unspecified atom stereocenters. The van der Waals surface area contributed by atoms with Gasteiger partial charge < -0.3 is 15.7 Å². The molecule has 0 aliphatic carbocycles. The monoisotopic (exact) mass is 469 g/mol. The van der Waals surface area contributed by atoms with Crippen LogP contribution in [-0.4, -0.2) is 22.0 Å². The van der Waals surface area contributed by atoms with Gasteiger partial charge in [-0.3, -0.25) is 9.59 Å². The molecule has 0 bridgehead atoms. The van der Waals surface area contributed by atoms with Crippen molar-refractivity contribution < 1.29 is 14.7 Å². The number of hydrogen-bond donors (Lipinski definition) is 3. The zero-order chi connectivity index (χ0) is 23.8. The first-order valence-electron chi connectivity index (χ1n) is 10.7. The molecule has 0 aliphatic rings.